The first-order valence-corrected chi connectivity index (χ1v) is 7.31. The third-order valence-corrected chi connectivity index (χ3v) is 4.05. The summed E-state index contributed by atoms with van der Waals surface area (Å²) in [5, 5.41) is 0.230. The zero-order valence-electron chi connectivity index (χ0n) is 13.0. The third kappa shape index (κ3) is 3.15. The van der Waals surface area contributed by atoms with Gasteiger partial charge in [0.1, 0.15) is 17.6 Å². The molecule has 1 saturated heterocycles. The largest absolute Gasteiger partial charge is 0.359 e. The van der Waals surface area contributed by atoms with Crippen LogP contribution in [0.1, 0.15) is 19.4 Å². The monoisotopic (exact) mass is 321 g/mol. The van der Waals surface area contributed by atoms with Crippen molar-refractivity contribution < 1.29 is 9.53 Å². The van der Waals surface area contributed by atoms with E-state index < -0.39 is 0 Å². The van der Waals surface area contributed by atoms with E-state index in [1.165, 1.54) is 4.90 Å². The Morgan fingerprint density at radius 3 is 2.55 bits per heavy atom. The van der Waals surface area contributed by atoms with Crippen LogP contribution >= 0.6 is 11.6 Å². The summed E-state index contributed by atoms with van der Waals surface area (Å²) in [6.45, 7) is 8.21. The minimum atomic E-state index is -0.364. The van der Waals surface area contributed by atoms with Crippen LogP contribution in [0.15, 0.2) is 40.5 Å². The van der Waals surface area contributed by atoms with E-state index in [1.807, 2.05) is 44.2 Å². The van der Waals surface area contributed by atoms with Gasteiger partial charge >= 0.3 is 6.03 Å². The van der Waals surface area contributed by atoms with E-state index in [0.717, 1.165) is 5.56 Å². The zero-order valence-corrected chi connectivity index (χ0v) is 13.8. The second-order valence-corrected chi connectivity index (χ2v) is 6.08. The molecule has 0 radical (unpaired) electrons. The highest BCUT2D eigenvalue weighted by atomic mass is 35.5. The number of amides is 2. The van der Waals surface area contributed by atoms with Crippen molar-refractivity contribution in [3.05, 3.63) is 41.1 Å². The Morgan fingerprint density at radius 2 is 2.05 bits per heavy atom. The number of urea groups is 1. The summed E-state index contributed by atoms with van der Waals surface area (Å²) < 4.78 is 5.38. The molecule has 0 spiro atoms. The molecule has 1 aliphatic heterocycles. The minimum Gasteiger partial charge on any atom is -0.359 e. The molecule has 1 heterocycles. The van der Waals surface area contributed by atoms with Crippen molar-refractivity contribution in [2.75, 3.05) is 20.4 Å². The number of aliphatic imine (C=N–C) groups is 1. The molecule has 0 bridgehead atoms. The van der Waals surface area contributed by atoms with Gasteiger partial charge in [-0.2, -0.15) is 0 Å². The van der Waals surface area contributed by atoms with Crippen molar-refractivity contribution in [1.82, 2.24) is 9.80 Å². The van der Waals surface area contributed by atoms with Crippen molar-refractivity contribution in [1.29, 1.82) is 0 Å². The first kappa shape index (κ1) is 16.5. The average Bonchev–Trinajstić information content (AvgIpc) is 2.87. The molecule has 1 aliphatic rings. The van der Waals surface area contributed by atoms with Crippen LogP contribution < -0.4 is 0 Å². The molecule has 5 nitrogen and oxygen atoms in total. The van der Waals surface area contributed by atoms with Gasteiger partial charge in [-0.15, -0.1) is 0 Å². The maximum Gasteiger partial charge on any atom is 0.327 e. The lowest BCUT2D eigenvalue weighted by atomic mass is 10.1. The lowest BCUT2D eigenvalue weighted by Gasteiger charge is -2.32. The molecule has 1 aromatic rings. The Balaban J connectivity index is 2.30. The molecular weight excluding hydrogens is 302 g/mol. The predicted octanol–water partition coefficient (Wildman–Crippen LogP) is 3.37. The van der Waals surface area contributed by atoms with Crippen molar-refractivity contribution in [2.45, 2.75) is 19.4 Å². The summed E-state index contributed by atoms with van der Waals surface area (Å²) in [6.07, 6.45) is 0. The molecule has 0 N–H and O–H groups in total. The quantitative estimate of drug-likeness (QED) is 0.633. The highest BCUT2D eigenvalue weighted by Gasteiger charge is 2.38. The summed E-state index contributed by atoms with van der Waals surface area (Å²) in [5.74, 6) is 0. The Hall–Kier alpha value is -1.85. The van der Waals surface area contributed by atoms with Crippen molar-refractivity contribution in [3.63, 3.8) is 0 Å². The standard InChI is InChI=1S/C16H20ClN3O2/c1-16(2)10-22-11-20(16)15(21)19(4)14(17)13(18-3)12-8-6-5-7-9-12/h5-9H,3,10-11H2,1-2,4H3. The van der Waals surface area contributed by atoms with E-state index >= 15 is 0 Å². The molecule has 6 heteroatoms. The Morgan fingerprint density at radius 1 is 1.41 bits per heavy atom. The van der Waals surface area contributed by atoms with Crippen LogP contribution in [0.3, 0.4) is 0 Å². The average molecular weight is 322 g/mol. The van der Waals surface area contributed by atoms with Gasteiger partial charge in [-0.25, -0.2) is 4.79 Å². The van der Waals surface area contributed by atoms with E-state index in [-0.39, 0.29) is 23.5 Å². The molecule has 2 rings (SSSR count). The minimum absolute atomic E-state index is 0.230. The van der Waals surface area contributed by atoms with Crippen LogP contribution in [-0.2, 0) is 4.74 Å². The second kappa shape index (κ2) is 6.50. The van der Waals surface area contributed by atoms with Gasteiger partial charge in [-0.05, 0) is 20.6 Å². The molecule has 0 aliphatic carbocycles. The van der Waals surface area contributed by atoms with Gasteiger partial charge < -0.3 is 4.74 Å². The van der Waals surface area contributed by atoms with Gasteiger partial charge in [0.05, 0.1) is 12.1 Å². The van der Waals surface area contributed by atoms with Gasteiger partial charge in [0.2, 0.25) is 0 Å². The first-order chi connectivity index (χ1) is 10.4. The topological polar surface area (TPSA) is 45.1 Å². The molecule has 1 fully saturated rings. The number of hydrogen-bond acceptors (Lipinski definition) is 3. The summed E-state index contributed by atoms with van der Waals surface area (Å²) in [4.78, 5) is 19.6. The Labute approximate surface area is 135 Å². The highest BCUT2D eigenvalue weighted by molar-refractivity contribution is 6.33. The van der Waals surface area contributed by atoms with Gasteiger partial charge in [0, 0.05) is 12.6 Å². The van der Waals surface area contributed by atoms with Crippen molar-refractivity contribution >= 4 is 30.0 Å². The van der Waals surface area contributed by atoms with E-state index in [1.54, 1.807) is 11.9 Å². The van der Waals surface area contributed by atoms with E-state index in [4.69, 9.17) is 16.3 Å². The second-order valence-electron chi connectivity index (χ2n) is 5.72. The summed E-state index contributed by atoms with van der Waals surface area (Å²) in [7, 11) is 1.62. The maximum absolute atomic E-state index is 12.6. The Bertz CT molecular complexity index is 599. The van der Waals surface area contributed by atoms with Gasteiger partial charge in [0.15, 0.2) is 0 Å². The zero-order chi connectivity index (χ0) is 16.3. The molecule has 22 heavy (non-hydrogen) atoms. The molecule has 0 unspecified atom stereocenters. The molecule has 0 atom stereocenters. The predicted molar refractivity (Wildman–Crippen MR) is 88.7 cm³/mol. The molecule has 0 saturated carbocycles. The van der Waals surface area contributed by atoms with Crippen LogP contribution in [0.4, 0.5) is 4.79 Å². The molecule has 1 aromatic carbocycles. The van der Waals surface area contributed by atoms with Gasteiger partial charge in [0.25, 0.3) is 0 Å². The molecule has 2 amide bonds. The molecule has 118 valence electrons. The van der Waals surface area contributed by atoms with Crippen LogP contribution in [-0.4, -0.2) is 48.5 Å². The van der Waals surface area contributed by atoms with Crippen LogP contribution in [0.5, 0.6) is 0 Å². The fourth-order valence-electron chi connectivity index (χ4n) is 2.25. The van der Waals surface area contributed by atoms with E-state index in [9.17, 15) is 4.79 Å². The number of ether oxygens (including phenoxy) is 1. The number of carbonyl (C=O) groups excluding carboxylic acids is 1. The lowest BCUT2D eigenvalue weighted by Crippen LogP contribution is -2.49. The normalized spacial score (nSPS) is 17.9. The molecular formula is C16H20ClN3O2. The van der Waals surface area contributed by atoms with Gasteiger partial charge in [-0.3, -0.25) is 14.8 Å². The number of rotatable bonds is 3. The van der Waals surface area contributed by atoms with Crippen molar-refractivity contribution in [3.8, 4) is 0 Å². The smallest absolute Gasteiger partial charge is 0.327 e. The van der Waals surface area contributed by atoms with Crippen LogP contribution in [0.25, 0.3) is 5.70 Å². The van der Waals surface area contributed by atoms with Crippen molar-refractivity contribution in [2.24, 2.45) is 4.99 Å². The summed E-state index contributed by atoms with van der Waals surface area (Å²) >= 11 is 6.38. The summed E-state index contributed by atoms with van der Waals surface area (Å²) in [6, 6.07) is 9.16. The van der Waals surface area contributed by atoms with E-state index in [2.05, 4.69) is 11.7 Å². The third-order valence-electron chi connectivity index (χ3n) is 3.62. The van der Waals surface area contributed by atoms with E-state index in [0.29, 0.717) is 12.3 Å². The van der Waals surface area contributed by atoms with Crippen LogP contribution in [0.2, 0.25) is 0 Å². The number of carbonyl (C=O) groups is 1. The first-order valence-electron chi connectivity index (χ1n) is 6.93. The molecule has 0 aromatic heterocycles. The number of halogens is 1. The summed E-state index contributed by atoms with van der Waals surface area (Å²) in [5.41, 5.74) is 0.909. The van der Waals surface area contributed by atoms with Gasteiger partial charge in [-0.1, -0.05) is 41.9 Å². The van der Waals surface area contributed by atoms with Crippen LogP contribution in [0, 0.1) is 0 Å². The fourth-order valence-corrected chi connectivity index (χ4v) is 2.49. The number of benzene rings is 1. The lowest BCUT2D eigenvalue weighted by molar-refractivity contribution is 0.125. The number of hydrogen-bond donors (Lipinski definition) is 0. The maximum atomic E-state index is 12.6. The highest BCUT2D eigenvalue weighted by Crippen LogP contribution is 2.28. The number of nitrogens with zero attached hydrogens (tertiary/aromatic N) is 3. The Kier molecular flexibility index (Phi) is 4.88. The SMILES string of the molecule is C=NC(=C(Cl)N(C)C(=O)N1COCC1(C)C)c1ccccc1. The fraction of sp³-hybridized carbons (Fsp3) is 0.375.